The summed E-state index contributed by atoms with van der Waals surface area (Å²) in [6.07, 6.45) is 4.44. The second-order valence-corrected chi connectivity index (χ2v) is 3.47. The maximum absolute atomic E-state index is 4.16. The van der Waals surface area contributed by atoms with E-state index in [-0.39, 0.29) is 0 Å². The SMILES string of the molecule is CCCN(C)c1ncncc1Br. The summed E-state index contributed by atoms with van der Waals surface area (Å²) in [6, 6.07) is 0. The van der Waals surface area contributed by atoms with Crippen molar-refractivity contribution in [2.75, 3.05) is 18.5 Å². The minimum absolute atomic E-state index is 0.945. The van der Waals surface area contributed by atoms with E-state index < -0.39 is 0 Å². The number of hydrogen-bond acceptors (Lipinski definition) is 3. The van der Waals surface area contributed by atoms with E-state index in [0.29, 0.717) is 0 Å². The summed E-state index contributed by atoms with van der Waals surface area (Å²) >= 11 is 3.40. The average molecular weight is 230 g/mol. The summed E-state index contributed by atoms with van der Waals surface area (Å²) in [4.78, 5) is 10.2. The summed E-state index contributed by atoms with van der Waals surface area (Å²) in [5.74, 6) is 0.951. The van der Waals surface area contributed by atoms with Crippen LogP contribution in [-0.2, 0) is 0 Å². The number of nitrogens with zero attached hydrogens (tertiary/aromatic N) is 3. The van der Waals surface area contributed by atoms with Crippen LogP contribution in [0.3, 0.4) is 0 Å². The van der Waals surface area contributed by atoms with Crippen LogP contribution in [0.15, 0.2) is 17.0 Å². The monoisotopic (exact) mass is 229 g/mol. The van der Waals surface area contributed by atoms with Gasteiger partial charge in [-0.3, -0.25) is 0 Å². The van der Waals surface area contributed by atoms with E-state index in [1.165, 1.54) is 0 Å². The molecule has 0 bridgehead atoms. The lowest BCUT2D eigenvalue weighted by Gasteiger charge is -2.17. The first-order valence-electron chi connectivity index (χ1n) is 3.92. The Morgan fingerprint density at radius 1 is 1.58 bits per heavy atom. The molecule has 0 spiro atoms. The lowest BCUT2D eigenvalue weighted by atomic mass is 10.4. The number of anilines is 1. The van der Waals surface area contributed by atoms with Gasteiger partial charge in [0, 0.05) is 19.8 Å². The Morgan fingerprint density at radius 2 is 2.33 bits per heavy atom. The predicted octanol–water partition coefficient (Wildman–Crippen LogP) is 2.09. The third kappa shape index (κ3) is 2.17. The zero-order valence-corrected chi connectivity index (χ0v) is 8.87. The van der Waals surface area contributed by atoms with Crippen LogP contribution < -0.4 is 4.90 Å². The van der Waals surface area contributed by atoms with Gasteiger partial charge in [-0.25, -0.2) is 9.97 Å². The lowest BCUT2D eigenvalue weighted by Crippen LogP contribution is -2.19. The Morgan fingerprint density at radius 3 is 2.92 bits per heavy atom. The van der Waals surface area contributed by atoms with Gasteiger partial charge in [0.25, 0.3) is 0 Å². The largest absolute Gasteiger partial charge is 0.359 e. The molecule has 0 aliphatic rings. The fourth-order valence-electron chi connectivity index (χ4n) is 1.03. The van der Waals surface area contributed by atoms with E-state index in [9.17, 15) is 0 Å². The van der Waals surface area contributed by atoms with Crippen LogP contribution >= 0.6 is 15.9 Å². The van der Waals surface area contributed by atoms with Gasteiger partial charge in [-0.2, -0.15) is 0 Å². The van der Waals surface area contributed by atoms with Gasteiger partial charge in [-0.05, 0) is 22.4 Å². The maximum atomic E-state index is 4.16. The number of aromatic nitrogens is 2. The molecule has 0 saturated carbocycles. The van der Waals surface area contributed by atoms with E-state index in [0.717, 1.165) is 23.3 Å². The predicted molar refractivity (Wildman–Crippen MR) is 53.3 cm³/mol. The topological polar surface area (TPSA) is 29.0 Å². The first-order chi connectivity index (χ1) is 5.75. The molecule has 1 aromatic rings. The molecule has 0 amide bonds. The van der Waals surface area contributed by atoms with Gasteiger partial charge in [-0.15, -0.1) is 0 Å². The van der Waals surface area contributed by atoms with Gasteiger partial charge in [0.15, 0.2) is 0 Å². The average Bonchev–Trinajstić information content (AvgIpc) is 2.05. The summed E-state index contributed by atoms with van der Waals surface area (Å²) in [7, 11) is 2.02. The van der Waals surface area contributed by atoms with Crippen LogP contribution in [0.2, 0.25) is 0 Å². The van der Waals surface area contributed by atoms with Crippen LogP contribution in [-0.4, -0.2) is 23.6 Å². The van der Waals surface area contributed by atoms with E-state index in [1.807, 2.05) is 7.05 Å². The van der Waals surface area contributed by atoms with Crippen LogP contribution in [0.5, 0.6) is 0 Å². The van der Waals surface area contributed by atoms with Crippen LogP contribution in [0, 0.1) is 0 Å². The molecule has 1 rings (SSSR count). The molecule has 0 aliphatic heterocycles. The molecule has 3 nitrogen and oxygen atoms in total. The number of hydrogen-bond donors (Lipinski definition) is 0. The molecule has 1 heterocycles. The summed E-state index contributed by atoms with van der Waals surface area (Å²) < 4.78 is 0.945. The first-order valence-corrected chi connectivity index (χ1v) is 4.71. The Balaban J connectivity index is 2.79. The van der Waals surface area contributed by atoms with E-state index in [2.05, 4.69) is 37.7 Å². The van der Waals surface area contributed by atoms with Crippen molar-refractivity contribution in [3.05, 3.63) is 17.0 Å². The van der Waals surface area contributed by atoms with Gasteiger partial charge in [0.05, 0.1) is 4.47 Å². The van der Waals surface area contributed by atoms with Crippen molar-refractivity contribution in [2.45, 2.75) is 13.3 Å². The lowest BCUT2D eigenvalue weighted by molar-refractivity contribution is 0.831. The molecule has 66 valence electrons. The molecule has 0 atom stereocenters. The van der Waals surface area contributed by atoms with Crippen molar-refractivity contribution in [3.63, 3.8) is 0 Å². The molecular weight excluding hydrogens is 218 g/mol. The summed E-state index contributed by atoms with van der Waals surface area (Å²) in [5, 5.41) is 0. The van der Waals surface area contributed by atoms with Crippen molar-refractivity contribution in [1.82, 2.24) is 9.97 Å². The highest BCUT2D eigenvalue weighted by Gasteiger charge is 2.04. The second kappa shape index (κ2) is 4.40. The molecule has 0 aliphatic carbocycles. The standard InChI is InChI=1S/C8H12BrN3/c1-3-4-12(2)8-7(9)5-10-6-11-8/h5-6H,3-4H2,1-2H3. The fraction of sp³-hybridized carbons (Fsp3) is 0.500. The van der Waals surface area contributed by atoms with Crippen LogP contribution in [0.1, 0.15) is 13.3 Å². The molecule has 1 aromatic heterocycles. The smallest absolute Gasteiger partial charge is 0.146 e. The highest BCUT2D eigenvalue weighted by molar-refractivity contribution is 9.10. The zero-order chi connectivity index (χ0) is 8.97. The Labute approximate surface area is 81.0 Å². The molecule has 0 radical (unpaired) electrons. The van der Waals surface area contributed by atoms with Crippen LogP contribution in [0.4, 0.5) is 5.82 Å². The van der Waals surface area contributed by atoms with Crippen molar-refractivity contribution in [1.29, 1.82) is 0 Å². The van der Waals surface area contributed by atoms with Crippen molar-refractivity contribution >= 4 is 21.7 Å². The van der Waals surface area contributed by atoms with Crippen LogP contribution in [0.25, 0.3) is 0 Å². The zero-order valence-electron chi connectivity index (χ0n) is 7.29. The van der Waals surface area contributed by atoms with Crippen molar-refractivity contribution < 1.29 is 0 Å². The third-order valence-corrected chi connectivity index (χ3v) is 2.13. The molecule has 12 heavy (non-hydrogen) atoms. The highest BCUT2D eigenvalue weighted by atomic mass is 79.9. The molecule has 0 unspecified atom stereocenters. The Bertz CT molecular complexity index is 252. The summed E-state index contributed by atoms with van der Waals surface area (Å²) in [5.41, 5.74) is 0. The van der Waals surface area contributed by atoms with Gasteiger partial charge in [0.2, 0.25) is 0 Å². The minimum atomic E-state index is 0.945. The Kier molecular flexibility index (Phi) is 3.47. The Hall–Kier alpha value is -0.640. The quantitative estimate of drug-likeness (QED) is 0.796. The first kappa shape index (κ1) is 9.45. The molecule has 0 fully saturated rings. The van der Waals surface area contributed by atoms with E-state index >= 15 is 0 Å². The van der Waals surface area contributed by atoms with Gasteiger partial charge in [0.1, 0.15) is 12.1 Å². The number of halogens is 1. The van der Waals surface area contributed by atoms with E-state index in [1.54, 1.807) is 12.5 Å². The second-order valence-electron chi connectivity index (χ2n) is 2.62. The molecule has 0 saturated heterocycles. The molecule has 4 heteroatoms. The fourth-order valence-corrected chi connectivity index (χ4v) is 1.55. The van der Waals surface area contributed by atoms with Gasteiger partial charge in [-0.1, -0.05) is 6.92 Å². The van der Waals surface area contributed by atoms with Gasteiger partial charge >= 0.3 is 0 Å². The molecule has 0 N–H and O–H groups in total. The summed E-state index contributed by atoms with van der Waals surface area (Å²) in [6.45, 7) is 3.15. The van der Waals surface area contributed by atoms with E-state index in [4.69, 9.17) is 0 Å². The highest BCUT2D eigenvalue weighted by Crippen LogP contribution is 2.20. The van der Waals surface area contributed by atoms with Gasteiger partial charge < -0.3 is 4.90 Å². The minimum Gasteiger partial charge on any atom is -0.359 e. The maximum Gasteiger partial charge on any atom is 0.146 e. The van der Waals surface area contributed by atoms with Crippen molar-refractivity contribution in [3.8, 4) is 0 Å². The van der Waals surface area contributed by atoms with Crippen molar-refractivity contribution in [2.24, 2.45) is 0 Å². The number of rotatable bonds is 3. The third-order valence-electron chi connectivity index (χ3n) is 1.57. The molecular formula is C8H12BrN3. The normalized spacial score (nSPS) is 9.92. The molecule has 0 aromatic carbocycles.